The van der Waals surface area contributed by atoms with E-state index >= 15 is 0 Å². The molecule has 1 aromatic carbocycles. The van der Waals surface area contributed by atoms with Crippen LogP contribution < -0.4 is 10.2 Å². The molecule has 1 aromatic heterocycles. The normalized spacial score (nSPS) is 15.0. The number of amides is 1. The predicted octanol–water partition coefficient (Wildman–Crippen LogP) is 2.36. The summed E-state index contributed by atoms with van der Waals surface area (Å²) in [6.45, 7) is 1.82. The van der Waals surface area contributed by atoms with Crippen molar-refractivity contribution in [3.8, 4) is 0 Å². The second-order valence-electron chi connectivity index (χ2n) is 5.98. The Morgan fingerprint density at radius 3 is 2.81 bits per heavy atom. The SMILES string of the molecule is CN=C(NCc1cc(F)ccc1Br)N1CCN(c2cnn(C)c2)C(=O)C1.I. The molecular formula is C17H21BrFIN6O. The lowest BCUT2D eigenvalue weighted by molar-refractivity contribution is -0.120. The highest BCUT2D eigenvalue weighted by Gasteiger charge is 2.27. The smallest absolute Gasteiger partial charge is 0.246 e. The van der Waals surface area contributed by atoms with Crippen LogP contribution in [-0.4, -0.2) is 53.2 Å². The average Bonchev–Trinajstić information content (AvgIpc) is 3.04. The maximum atomic E-state index is 13.4. The summed E-state index contributed by atoms with van der Waals surface area (Å²) in [7, 11) is 3.49. The highest BCUT2D eigenvalue weighted by Crippen LogP contribution is 2.18. The number of anilines is 1. The van der Waals surface area contributed by atoms with Gasteiger partial charge in [-0.05, 0) is 23.8 Å². The van der Waals surface area contributed by atoms with Gasteiger partial charge in [-0.3, -0.25) is 14.5 Å². The number of hydrogen-bond donors (Lipinski definition) is 1. The zero-order valence-electron chi connectivity index (χ0n) is 15.0. The molecule has 0 aliphatic carbocycles. The first kappa shape index (κ1) is 21.6. The standard InChI is InChI=1S/C17H20BrFN6O.HI/c1-20-17(21-8-12-7-13(19)3-4-15(12)18)24-5-6-25(16(26)11-24)14-9-22-23(2)10-14;/h3-4,7,9-10H,5-6,8,11H2,1-2H3,(H,20,21);1H. The van der Waals surface area contributed by atoms with Gasteiger partial charge in [-0.15, -0.1) is 24.0 Å². The molecule has 0 spiro atoms. The van der Waals surface area contributed by atoms with Crippen LogP contribution in [0.15, 0.2) is 40.1 Å². The van der Waals surface area contributed by atoms with E-state index in [-0.39, 0.29) is 42.2 Å². The summed E-state index contributed by atoms with van der Waals surface area (Å²) in [6, 6.07) is 4.54. The number of aromatic nitrogens is 2. The van der Waals surface area contributed by atoms with Crippen LogP contribution in [0.4, 0.5) is 10.1 Å². The maximum absolute atomic E-state index is 13.4. The molecule has 1 fully saturated rings. The number of piperazine rings is 1. The zero-order valence-corrected chi connectivity index (χ0v) is 18.9. The van der Waals surface area contributed by atoms with Crippen molar-refractivity contribution in [2.75, 3.05) is 31.6 Å². The Kier molecular flexibility index (Phi) is 7.59. The maximum Gasteiger partial charge on any atom is 0.246 e. The van der Waals surface area contributed by atoms with Crippen LogP contribution >= 0.6 is 39.9 Å². The number of benzene rings is 1. The van der Waals surface area contributed by atoms with Crippen LogP contribution in [0.2, 0.25) is 0 Å². The van der Waals surface area contributed by atoms with E-state index in [2.05, 4.69) is 31.3 Å². The van der Waals surface area contributed by atoms with E-state index in [0.29, 0.717) is 25.6 Å². The third kappa shape index (κ3) is 5.18. The van der Waals surface area contributed by atoms with Gasteiger partial charge >= 0.3 is 0 Å². The molecule has 1 N–H and O–H groups in total. The average molecular weight is 551 g/mol. The summed E-state index contributed by atoms with van der Waals surface area (Å²) in [5.74, 6) is 0.305. The van der Waals surface area contributed by atoms with E-state index in [1.165, 1.54) is 12.1 Å². The van der Waals surface area contributed by atoms with Gasteiger partial charge in [0, 0.05) is 44.4 Å². The molecule has 1 aliphatic rings. The van der Waals surface area contributed by atoms with E-state index in [0.717, 1.165) is 15.7 Å². The topological polar surface area (TPSA) is 65.8 Å². The Morgan fingerprint density at radius 2 is 2.19 bits per heavy atom. The van der Waals surface area contributed by atoms with Crippen LogP contribution in [-0.2, 0) is 18.4 Å². The van der Waals surface area contributed by atoms with Crippen molar-refractivity contribution >= 4 is 57.5 Å². The predicted molar refractivity (Wildman–Crippen MR) is 117 cm³/mol. The Hall–Kier alpha value is -1.69. The van der Waals surface area contributed by atoms with Crippen LogP contribution in [0.5, 0.6) is 0 Å². The molecule has 1 saturated heterocycles. The van der Waals surface area contributed by atoms with Crippen molar-refractivity contribution in [2.24, 2.45) is 12.0 Å². The molecule has 10 heteroatoms. The largest absolute Gasteiger partial charge is 0.352 e. The van der Waals surface area contributed by atoms with Crippen molar-refractivity contribution in [1.82, 2.24) is 20.0 Å². The Labute approximate surface area is 182 Å². The number of aliphatic imine (C=N–C) groups is 1. The lowest BCUT2D eigenvalue weighted by Gasteiger charge is -2.35. The Morgan fingerprint density at radius 1 is 1.41 bits per heavy atom. The minimum absolute atomic E-state index is 0. The summed E-state index contributed by atoms with van der Waals surface area (Å²) in [6.07, 6.45) is 3.50. The molecule has 146 valence electrons. The third-order valence-electron chi connectivity index (χ3n) is 4.18. The molecule has 7 nitrogen and oxygen atoms in total. The fourth-order valence-electron chi connectivity index (χ4n) is 2.86. The fraction of sp³-hybridized carbons (Fsp3) is 0.353. The van der Waals surface area contributed by atoms with Gasteiger partial charge in [0.2, 0.25) is 5.91 Å². The molecule has 2 aromatic rings. The van der Waals surface area contributed by atoms with Gasteiger partial charge in [0.25, 0.3) is 0 Å². The fourth-order valence-corrected chi connectivity index (χ4v) is 3.25. The van der Waals surface area contributed by atoms with Crippen LogP contribution in [0.3, 0.4) is 0 Å². The van der Waals surface area contributed by atoms with Crippen LogP contribution in [0, 0.1) is 5.82 Å². The quantitative estimate of drug-likeness (QED) is 0.362. The molecule has 2 heterocycles. The molecule has 0 unspecified atom stereocenters. The van der Waals surface area contributed by atoms with Crippen molar-refractivity contribution in [1.29, 1.82) is 0 Å². The summed E-state index contributed by atoms with van der Waals surface area (Å²) in [5.41, 5.74) is 1.58. The minimum Gasteiger partial charge on any atom is -0.352 e. The molecule has 0 atom stereocenters. The first-order valence-corrected chi connectivity index (χ1v) is 8.96. The Bertz CT molecular complexity index is 843. The second kappa shape index (κ2) is 9.49. The highest BCUT2D eigenvalue weighted by molar-refractivity contribution is 14.0. The lowest BCUT2D eigenvalue weighted by Crippen LogP contribution is -2.55. The number of halogens is 3. The van der Waals surface area contributed by atoms with Gasteiger partial charge in [-0.25, -0.2) is 4.39 Å². The van der Waals surface area contributed by atoms with Gasteiger partial charge in [0.05, 0.1) is 11.9 Å². The summed E-state index contributed by atoms with van der Waals surface area (Å²) in [4.78, 5) is 20.4. The number of guanidine groups is 1. The molecule has 0 bridgehead atoms. The van der Waals surface area contributed by atoms with E-state index in [9.17, 15) is 9.18 Å². The summed E-state index contributed by atoms with van der Waals surface area (Å²) < 4.78 is 15.9. The van der Waals surface area contributed by atoms with Crippen LogP contribution in [0.25, 0.3) is 0 Å². The summed E-state index contributed by atoms with van der Waals surface area (Å²) in [5, 5.41) is 7.31. The molecule has 3 rings (SSSR count). The monoisotopic (exact) mass is 550 g/mol. The van der Waals surface area contributed by atoms with Crippen LogP contribution in [0.1, 0.15) is 5.56 Å². The molecule has 1 amide bonds. The number of hydrogen-bond acceptors (Lipinski definition) is 3. The lowest BCUT2D eigenvalue weighted by atomic mass is 10.2. The van der Waals surface area contributed by atoms with Gasteiger partial charge in [0.15, 0.2) is 5.96 Å². The van der Waals surface area contributed by atoms with Crippen molar-refractivity contribution in [3.05, 3.63) is 46.4 Å². The minimum atomic E-state index is -0.291. The van der Waals surface area contributed by atoms with Gasteiger partial charge < -0.3 is 15.1 Å². The highest BCUT2D eigenvalue weighted by atomic mass is 127. The number of nitrogens with one attached hydrogen (secondary N) is 1. The van der Waals surface area contributed by atoms with E-state index in [1.54, 1.807) is 28.9 Å². The van der Waals surface area contributed by atoms with E-state index < -0.39 is 0 Å². The van der Waals surface area contributed by atoms with Crippen molar-refractivity contribution in [3.63, 3.8) is 0 Å². The molecule has 27 heavy (non-hydrogen) atoms. The molecule has 0 radical (unpaired) electrons. The first-order valence-electron chi connectivity index (χ1n) is 8.16. The van der Waals surface area contributed by atoms with E-state index in [4.69, 9.17) is 0 Å². The van der Waals surface area contributed by atoms with Gasteiger partial charge in [-0.1, -0.05) is 15.9 Å². The molecular weight excluding hydrogens is 530 g/mol. The van der Waals surface area contributed by atoms with Gasteiger partial charge in [-0.2, -0.15) is 5.10 Å². The second-order valence-corrected chi connectivity index (χ2v) is 6.83. The summed E-state index contributed by atoms with van der Waals surface area (Å²) >= 11 is 3.41. The Balaban J connectivity index is 0.00000261. The number of rotatable bonds is 3. The molecule has 1 aliphatic heterocycles. The number of nitrogens with zero attached hydrogens (tertiary/aromatic N) is 5. The first-order chi connectivity index (χ1) is 12.5. The zero-order chi connectivity index (χ0) is 18.7. The van der Waals surface area contributed by atoms with Gasteiger partial charge in [0.1, 0.15) is 12.4 Å². The number of aryl methyl sites for hydroxylation is 1. The molecule has 0 saturated carbocycles. The van der Waals surface area contributed by atoms with Crippen molar-refractivity contribution in [2.45, 2.75) is 6.54 Å². The number of carbonyl (C=O) groups is 1. The number of carbonyl (C=O) groups excluding carboxylic acids is 1. The van der Waals surface area contributed by atoms with Crippen molar-refractivity contribution < 1.29 is 9.18 Å². The van der Waals surface area contributed by atoms with E-state index in [1.807, 2.05) is 18.1 Å². The third-order valence-corrected chi connectivity index (χ3v) is 4.95.